The van der Waals surface area contributed by atoms with E-state index in [0.717, 1.165) is 5.92 Å². The van der Waals surface area contributed by atoms with Crippen LogP contribution in [0.4, 0.5) is 0 Å². The third-order valence-corrected chi connectivity index (χ3v) is 3.01. The van der Waals surface area contributed by atoms with Gasteiger partial charge in [0.1, 0.15) is 0 Å². The summed E-state index contributed by atoms with van der Waals surface area (Å²) >= 11 is 1.86. The zero-order valence-corrected chi connectivity index (χ0v) is 8.37. The summed E-state index contributed by atoms with van der Waals surface area (Å²) in [6.07, 6.45) is 2.61. The predicted octanol–water partition coefficient (Wildman–Crippen LogP) is 3.96. The van der Waals surface area contributed by atoms with E-state index in [0.29, 0.717) is 0 Å². The number of thiophene rings is 1. The zero-order valence-electron chi connectivity index (χ0n) is 7.55. The van der Waals surface area contributed by atoms with Crippen molar-refractivity contribution >= 4 is 11.3 Å². The molecule has 1 atom stereocenters. The topological polar surface area (TPSA) is 0 Å². The second kappa shape index (κ2) is 3.91. The van der Waals surface area contributed by atoms with E-state index in [9.17, 15) is 0 Å². The van der Waals surface area contributed by atoms with Crippen LogP contribution in [0.2, 0.25) is 0 Å². The number of aryl methyl sites for hydroxylation is 1. The van der Waals surface area contributed by atoms with Crippen molar-refractivity contribution in [2.45, 2.75) is 39.5 Å². The van der Waals surface area contributed by atoms with Crippen LogP contribution in [0.3, 0.4) is 0 Å². The van der Waals surface area contributed by atoms with Gasteiger partial charge in [-0.25, -0.2) is 0 Å². The Morgan fingerprint density at radius 3 is 2.73 bits per heavy atom. The molecule has 0 spiro atoms. The molecule has 0 aliphatic heterocycles. The van der Waals surface area contributed by atoms with Gasteiger partial charge < -0.3 is 0 Å². The Morgan fingerprint density at radius 2 is 2.27 bits per heavy atom. The van der Waals surface area contributed by atoms with E-state index in [1.807, 2.05) is 11.3 Å². The van der Waals surface area contributed by atoms with Crippen LogP contribution in [0.15, 0.2) is 11.4 Å². The molecule has 0 amide bonds. The maximum absolute atomic E-state index is 2.32. The van der Waals surface area contributed by atoms with Crippen molar-refractivity contribution in [3.8, 4) is 0 Å². The monoisotopic (exact) mass is 168 g/mol. The Morgan fingerprint density at radius 1 is 1.55 bits per heavy atom. The summed E-state index contributed by atoms with van der Waals surface area (Å²) in [5, 5.41) is 2.19. The van der Waals surface area contributed by atoms with Gasteiger partial charge in [0.25, 0.3) is 0 Å². The molecule has 0 saturated carbocycles. The van der Waals surface area contributed by atoms with Crippen molar-refractivity contribution < 1.29 is 0 Å². The van der Waals surface area contributed by atoms with Gasteiger partial charge in [0.2, 0.25) is 0 Å². The fourth-order valence-electron chi connectivity index (χ4n) is 1.49. The van der Waals surface area contributed by atoms with Crippen LogP contribution < -0.4 is 0 Å². The Balaban J connectivity index is 2.67. The molecule has 0 radical (unpaired) electrons. The molecule has 1 unspecified atom stereocenters. The van der Waals surface area contributed by atoms with Crippen molar-refractivity contribution in [3.05, 3.63) is 21.9 Å². The van der Waals surface area contributed by atoms with Crippen molar-refractivity contribution in [1.82, 2.24) is 0 Å². The molecule has 0 aliphatic rings. The van der Waals surface area contributed by atoms with Gasteiger partial charge in [-0.1, -0.05) is 20.3 Å². The van der Waals surface area contributed by atoms with Crippen molar-refractivity contribution in [3.63, 3.8) is 0 Å². The second-order valence-corrected chi connectivity index (χ2v) is 4.24. The molecule has 62 valence electrons. The van der Waals surface area contributed by atoms with E-state index >= 15 is 0 Å². The summed E-state index contributed by atoms with van der Waals surface area (Å²) < 4.78 is 0. The largest absolute Gasteiger partial charge is 0.149 e. The highest BCUT2D eigenvalue weighted by Gasteiger charge is 2.07. The standard InChI is InChI=1S/C10H16S/c1-4-5-8(2)10-6-7-11-9(10)3/h6-8H,4-5H2,1-3H3. The molecule has 0 saturated heterocycles. The fraction of sp³-hybridized carbons (Fsp3) is 0.600. The SMILES string of the molecule is CCCC(C)c1ccsc1C. The van der Waals surface area contributed by atoms with Crippen molar-refractivity contribution in [1.29, 1.82) is 0 Å². The zero-order chi connectivity index (χ0) is 8.27. The molecular formula is C10H16S. The van der Waals surface area contributed by atoms with Crippen LogP contribution in [0.25, 0.3) is 0 Å². The van der Waals surface area contributed by atoms with E-state index in [4.69, 9.17) is 0 Å². The molecule has 0 nitrogen and oxygen atoms in total. The van der Waals surface area contributed by atoms with Gasteiger partial charge in [-0.15, -0.1) is 11.3 Å². The minimum absolute atomic E-state index is 0.756. The average molecular weight is 168 g/mol. The minimum atomic E-state index is 0.756. The summed E-state index contributed by atoms with van der Waals surface area (Å²) in [5.41, 5.74) is 1.55. The molecule has 0 bridgehead atoms. The first-order chi connectivity index (χ1) is 5.25. The molecule has 1 heterocycles. The Labute approximate surface area is 73.3 Å². The molecule has 1 aromatic rings. The highest BCUT2D eigenvalue weighted by molar-refractivity contribution is 7.10. The first kappa shape index (κ1) is 8.79. The van der Waals surface area contributed by atoms with E-state index in [1.165, 1.54) is 17.7 Å². The Kier molecular flexibility index (Phi) is 3.13. The molecular weight excluding hydrogens is 152 g/mol. The lowest BCUT2D eigenvalue weighted by Crippen LogP contribution is -1.91. The van der Waals surface area contributed by atoms with Gasteiger partial charge >= 0.3 is 0 Å². The lowest BCUT2D eigenvalue weighted by molar-refractivity contribution is 0.664. The minimum Gasteiger partial charge on any atom is -0.149 e. The molecule has 11 heavy (non-hydrogen) atoms. The van der Waals surface area contributed by atoms with Crippen molar-refractivity contribution in [2.24, 2.45) is 0 Å². The molecule has 0 aromatic carbocycles. The van der Waals surface area contributed by atoms with E-state index in [1.54, 1.807) is 5.56 Å². The van der Waals surface area contributed by atoms with Gasteiger partial charge in [-0.05, 0) is 36.3 Å². The smallest absolute Gasteiger partial charge is 0.00489 e. The number of hydrogen-bond donors (Lipinski definition) is 0. The summed E-state index contributed by atoms with van der Waals surface area (Å²) in [4.78, 5) is 1.49. The number of hydrogen-bond acceptors (Lipinski definition) is 1. The maximum Gasteiger partial charge on any atom is 0.00489 e. The molecule has 1 aromatic heterocycles. The Hall–Kier alpha value is -0.300. The molecule has 1 heteroatoms. The average Bonchev–Trinajstić information content (AvgIpc) is 2.36. The van der Waals surface area contributed by atoms with Gasteiger partial charge in [-0.2, -0.15) is 0 Å². The first-order valence-corrected chi connectivity index (χ1v) is 5.17. The van der Waals surface area contributed by atoms with Crippen molar-refractivity contribution in [2.75, 3.05) is 0 Å². The lowest BCUT2D eigenvalue weighted by atomic mass is 9.98. The predicted molar refractivity (Wildman–Crippen MR) is 52.4 cm³/mol. The third-order valence-electron chi connectivity index (χ3n) is 2.15. The van der Waals surface area contributed by atoms with Gasteiger partial charge in [0.05, 0.1) is 0 Å². The van der Waals surface area contributed by atoms with Crippen LogP contribution in [0, 0.1) is 6.92 Å². The second-order valence-electron chi connectivity index (χ2n) is 3.12. The van der Waals surface area contributed by atoms with Crippen LogP contribution >= 0.6 is 11.3 Å². The summed E-state index contributed by atoms with van der Waals surface area (Å²) in [5.74, 6) is 0.756. The van der Waals surface area contributed by atoms with Crippen LogP contribution in [-0.4, -0.2) is 0 Å². The summed E-state index contributed by atoms with van der Waals surface area (Å²) in [6, 6.07) is 2.26. The molecule has 0 aliphatic carbocycles. The highest BCUT2D eigenvalue weighted by atomic mass is 32.1. The fourth-order valence-corrected chi connectivity index (χ4v) is 2.32. The first-order valence-electron chi connectivity index (χ1n) is 4.29. The molecule has 1 rings (SSSR count). The van der Waals surface area contributed by atoms with Gasteiger partial charge in [0, 0.05) is 4.88 Å². The van der Waals surface area contributed by atoms with Crippen LogP contribution in [-0.2, 0) is 0 Å². The number of rotatable bonds is 3. The quantitative estimate of drug-likeness (QED) is 0.641. The summed E-state index contributed by atoms with van der Waals surface area (Å²) in [7, 11) is 0. The van der Waals surface area contributed by atoms with E-state index < -0.39 is 0 Å². The highest BCUT2D eigenvalue weighted by Crippen LogP contribution is 2.26. The Bertz CT molecular complexity index is 212. The third kappa shape index (κ3) is 2.06. The lowest BCUT2D eigenvalue weighted by Gasteiger charge is -2.08. The molecule has 0 N–H and O–H groups in total. The van der Waals surface area contributed by atoms with Crippen LogP contribution in [0.1, 0.15) is 43.0 Å². The van der Waals surface area contributed by atoms with Gasteiger partial charge in [0.15, 0.2) is 0 Å². The summed E-state index contributed by atoms with van der Waals surface area (Å²) in [6.45, 7) is 6.78. The van der Waals surface area contributed by atoms with Crippen LogP contribution in [0.5, 0.6) is 0 Å². The van der Waals surface area contributed by atoms with Gasteiger partial charge in [-0.3, -0.25) is 0 Å². The normalized spacial score (nSPS) is 13.4. The van der Waals surface area contributed by atoms with E-state index in [2.05, 4.69) is 32.2 Å². The van der Waals surface area contributed by atoms with E-state index in [-0.39, 0.29) is 0 Å². The molecule has 0 fully saturated rings. The maximum atomic E-state index is 2.32.